The molecular formula is C55H62ClF2N11O4S2. The number of hydrogen-bond acceptors (Lipinski definition) is 14. The molecule has 3 unspecified atom stereocenters. The number of anilines is 2. The van der Waals surface area contributed by atoms with Gasteiger partial charge in [-0.2, -0.15) is 10.2 Å². The molecule has 4 N–H and O–H groups in total. The zero-order valence-corrected chi connectivity index (χ0v) is 44.4. The summed E-state index contributed by atoms with van der Waals surface area (Å²) in [5, 5.41) is 18.2. The smallest absolute Gasteiger partial charge is 0.350 e. The molecule has 5 aromatic rings. The summed E-state index contributed by atoms with van der Waals surface area (Å²) >= 11 is 10.1. The predicted octanol–water partition coefficient (Wildman–Crippen LogP) is 7.46. The first kappa shape index (κ1) is 50.6. The van der Waals surface area contributed by atoms with Gasteiger partial charge in [0, 0.05) is 103 Å². The molecule has 2 aromatic heterocycles. The molecule has 5 saturated heterocycles. The number of imide groups is 1. The second-order valence-corrected chi connectivity index (χ2v) is 24.2. The number of halogens is 3. The number of nitrogen functional groups attached to an aromatic ring is 1. The minimum Gasteiger partial charge on any atom is -0.389 e. The van der Waals surface area contributed by atoms with Crippen LogP contribution >= 0.6 is 34.7 Å². The highest BCUT2D eigenvalue weighted by atomic mass is 35.5. The summed E-state index contributed by atoms with van der Waals surface area (Å²) in [7, 11) is 0. The maximum atomic E-state index is 15.3. The molecule has 3 aromatic carbocycles. The maximum Gasteiger partial charge on any atom is 0.350 e. The standard InChI is InChI=1S/C55H62ClF2N11O4S2/c56-42-24-39-48-50(47(42)36-8-9-43(58)49-46(36)40(25-59)51(60)75-49)74-30-35(69(48)55(73)63-52(39)67-26-33-6-7-34(27-67)61-33)28-66-20-18-65(19-21-66)15-5-3-1-2-4-14-64-16-12-31(13-17-64)37-22-32(57)23-38-41(37)29-68(54(38)72)44-10-11-45(70)62-53(44)71/h8-9,22-24,31,33-35,44,61H,1-7,10-21,26-30,60H2,(H,62,70,71)/t33?,34?,35-,44?/m0/s1. The number of unbranched alkanes of at least 4 members (excludes halogenated alkanes) is 4. The number of rotatable bonds is 14. The zero-order valence-electron chi connectivity index (χ0n) is 42.0. The van der Waals surface area contributed by atoms with E-state index < -0.39 is 23.6 Å². The largest absolute Gasteiger partial charge is 0.389 e. The minimum absolute atomic E-state index is 0.133. The zero-order chi connectivity index (χ0) is 51.6. The van der Waals surface area contributed by atoms with Crippen LogP contribution in [0.5, 0.6) is 0 Å². The van der Waals surface area contributed by atoms with E-state index in [0.29, 0.717) is 62.0 Å². The molecule has 5 fully saturated rings. The fourth-order valence-corrected chi connectivity index (χ4v) is 16.0. The topological polar surface area (TPSA) is 176 Å². The lowest BCUT2D eigenvalue weighted by molar-refractivity contribution is -0.136. The molecule has 2 bridgehead atoms. The van der Waals surface area contributed by atoms with E-state index in [1.807, 2.05) is 10.6 Å². The SMILES string of the molecule is N#Cc1c(N)sc2c(F)ccc(-c3c(Cl)cc4c(N5CC6CCC(C5)N6)nc(=O)n5c4c3SC[C@@H]5CN3CCN(CCCCCCCN4CCC(c5cc(F)cc6c5CN(C5CCC(=O)NC5=O)C6=O)CC4)CC3)c12. The third-order valence-electron chi connectivity index (χ3n) is 17.2. The van der Waals surface area contributed by atoms with Crippen LogP contribution in [0.4, 0.5) is 19.6 Å². The average Bonchev–Trinajstić information content (AvgIpc) is 4.05. The van der Waals surface area contributed by atoms with Crippen LogP contribution in [0.2, 0.25) is 5.02 Å². The van der Waals surface area contributed by atoms with Crippen molar-refractivity contribution in [2.75, 3.05) is 88.4 Å². The number of thiophene rings is 1. The van der Waals surface area contributed by atoms with E-state index in [-0.39, 0.29) is 59.4 Å². The van der Waals surface area contributed by atoms with E-state index in [1.54, 1.807) is 23.9 Å². The van der Waals surface area contributed by atoms with Crippen molar-refractivity contribution < 1.29 is 23.2 Å². The Labute approximate surface area is 447 Å². The summed E-state index contributed by atoms with van der Waals surface area (Å²) in [6.45, 7) is 10.2. The van der Waals surface area contributed by atoms with E-state index in [1.165, 1.54) is 36.3 Å². The Bertz CT molecular complexity index is 3210. The minimum atomic E-state index is -0.719. The molecule has 0 spiro atoms. The van der Waals surface area contributed by atoms with Crippen molar-refractivity contribution in [2.45, 2.75) is 112 Å². The van der Waals surface area contributed by atoms with Gasteiger partial charge < -0.3 is 30.7 Å². The first-order valence-electron chi connectivity index (χ1n) is 26.9. The summed E-state index contributed by atoms with van der Waals surface area (Å²) < 4.78 is 32.5. The predicted molar refractivity (Wildman–Crippen MR) is 290 cm³/mol. The van der Waals surface area contributed by atoms with Crippen LogP contribution in [-0.2, 0) is 16.1 Å². The number of nitrogens with one attached hydrogen (secondary N) is 2. The molecular weight excluding hydrogens is 1020 g/mol. The van der Waals surface area contributed by atoms with E-state index in [2.05, 4.69) is 36.3 Å². The highest BCUT2D eigenvalue weighted by molar-refractivity contribution is 7.99. The number of piperidine rings is 2. The Morgan fingerprint density at radius 1 is 0.853 bits per heavy atom. The van der Waals surface area contributed by atoms with Crippen molar-refractivity contribution in [3.8, 4) is 17.2 Å². The van der Waals surface area contributed by atoms with Crippen LogP contribution in [0.1, 0.15) is 110 Å². The highest BCUT2D eigenvalue weighted by Gasteiger charge is 2.42. The maximum absolute atomic E-state index is 15.3. The molecule has 394 valence electrons. The molecule has 7 aliphatic rings. The van der Waals surface area contributed by atoms with Crippen LogP contribution in [0.25, 0.3) is 32.1 Å². The van der Waals surface area contributed by atoms with E-state index in [0.717, 1.165) is 142 Å². The average molecular weight is 1080 g/mol. The summed E-state index contributed by atoms with van der Waals surface area (Å²) in [5.74, 6) is -0.558. The summed E-state index contributed by atoms with van der Waals surface area (Å²) in [5.41, 5.74) is 10.4. The Kier molecular flexibility index (Phi) is 14.2. The lowest BCUT2D eigenvalue weighted by Crippen LogP contribution is -2.52. The van der Waals surface area contributed by atoms with Gasteiger partial charge >= 0.3 is 5.69 Å². The van der Waals surface area contributed by atoms with Gasteiger partial charge in [-0.25, -0.2) is 13.6 Å². The van der Waals surface area contributed by atoms with Gasteiger partial charge in [0.1, 0.15) is 34.6 Å². The van der Waals surface area contributed by atoms with Crippen molar-refractivity contribution in [1.29, 1.82) is 5.26 Å². The lowest BCUT2D eigenvalue weighted by Gasteiger charge is -2.39. The van der Waals surface area contributed by atoms with E-state index >= 15 is 4.39 Å². The number of aromatic nitrogens is 2. The number of carbonyl (C=O) groups is 3. The summed E-state index contributed by atoms with van der Waals surface area (Å²) in [6.07, 6.45) is 10.3. The van der Waals surface area contributed by atoms with E-state index in [4.69, 9.17) is 22.3 Å². The number of benzene rings is 3. The number of hydrogen-bond donors (Lipinski definition) is 3. The number of amides is 3. The third-order valence-corrected chi connectivity index (χ3v) is 19.7. The molecule has 15 nitrogen and oxygen atoms in total. The van der Waals surface area contributed by atoms with Crippen molar-refractivity contribution in [3.05, 3.63) is 79.7 Å². The van der Waals surface area contributed by atoms with Gasteiger partial charge in [-0.1, -0.05) is 36.9 Å². The molecule has 0 radical (unpaired) electrons. The Morgan fingerprint density at radius 3 is 2.28 bits per heavy atom. The molecule has 4 atom stereocenters. The first-order valence-corrected chi connectivity index (χ1v) is 29.1. The van der Waals surface area contributed by atoms with Gasteiger partial charge in [0.05, 0.1) is 26.8 Å². The van der Waals surface area contributed by atoms with Gasteiger partial charge in [-0.15, -0.1) is 23.1 Å². The molecule has 0 aliphatic carbocycles. The monoisotopic (exact) mass is 1080 g/mol. The Balaban J connectivity index is 0.637. The molecule has 0 saturated carbocycles. The number of fused-ring (bicyclic) bond motifs is 4. The van der Waals surface area contributed by atoms with Gasteiger partial charge in [0.25, 0.3) is 5.91 Å². The summed E-state index contributed by atoms with van der Waals surface area (Å²) in [4.78, 5) is 69.3. The summed E-state index contributed by atoms with van der Waals surface area (Å²) in [6, 6.07) is 9.93. The Hall–Kier alpha value is -5.20. The molecule has 12 rings (SSSR count). The molecule has 7 aliphatic heterocycles. The van der Waals surface area contributed by atoms with Crippen molar-refractivity contribution in [2.24, 2.45) is 0 Å². The van der Waals surface area contributed by atoms with Gasteiger partial charge in [0.2, 0.25) is 11.8 Å². The third kappa shape index (κ3) is 9.60. The van der Waals surface area contributed by atoms with Crippen LogP contribution in [-0.4, -0.2) is 143 Å². The Morgan fingerprint density at radius 2 is 1.56 bits per heavy atom. The van der Waals surface area contributed by atoms with E-state index in [9.17, 15) is 28.8 Å². The van der Waals surface area contributed by atoms with Gasteiger partial charge in [-0.3, -0.25) is 29.2 Å². The normalized spacial score (nSPS) is 23.7. The van der Waals surface area contributed by atoms with Crippen molar-refractivity contribution >= 4 is 84.2 Å². The second-order valence-electron chi connectivity index (χ2n) is 21.8. The number of thioether (sulfide) groups is 1. The van der Waals surface area contributed by atoms with Crippen LogP contribution in [0.3, 0.4) is 0 Å². The highest BCUT2D eigenvalue weighted by Crippen LogP contribution is 2.51. The molecule has 3 amide bonds. The number of nitrogens with two attached hydrogens (primary N) is 1. The fraction of sp³-hybridized carbons (Fsp3) is 0.527. The number of piperazine rings is 2. The van der Waals surface area contributed by atoms with Crippen LogP contribution < -0.4 is 27.0 Å². The van der Waals surface area contributed by atoms with Crippen LogP contribution in [0.15, 0.2) is 40.0 Å². The molecule has 9 heterocycles. The number of likely N-dealkylation sites (tertiary alicyclic amines) is 1. The van der Waals surface area contributed by atoms with Gasteiger partial charge in [0.15, 0.2) is 0 Å². The van der Waals surface area contributed by atoms with Crippen molar-refractivity contribution in [3.63, 3.8) is 0 Å². The molecule has 75 heavy (non-hydrogen) atoms. The fourth-order valence-electron chi connectivity index (χ4n) is 13.3. The van der Waals surface area contributed by atoms with Crippen LogP contribution in [0, 0.1) is 23.0 Å². The second kappa shape index (κ2) is 21.0. The lowest BCUT2D eigenvalue weighted by atomic mass is 9.85. The quantitative estimate of drug-likeness (QED) is 0.0739. The first-order chi connectivity index (χ1) is 36.4. The number of nitriles is 1. The van der Waals surface area contributed by atoms with Gasteiger partial charge in [-0.05, 0) is 118 Å². The number of nitrogens with zero attached hydrogens (tertiary/aromatic N) is 8. The molecule has 20 heteroatoms. The number of carbonyl (C=O) groups excluding carboxylic acids is 3. The van der Waals surface area contributed by atoms with Crippen molar-refractivity contribution in [1.82, 2.24) is 39.8 Å².